The average molecular weight is 241 g/mol. The zero-order chi connectivity index (χ0) is 11.7. The Morgan fingerprint density at radius 3 is 2.65 bits per heavy atom. The molecule has 3 heteroatoms. The molecule has 2 nitrogen and oxygen atoms in total. The van der Waals surface area contributed by atoms with Crippen molar-refractivity contribution in [2.45, 2.75) is 6.04 Å². The molecule has 1 aliphatic heterocycles. The molecule has 17 heavy (non-hydrogen) atoms. The van der Waals surface area contributed by atoms with Crippen LogP contribution in [0, 0.1) is 0 Å². The van der Waals surface area contributed by atoms with Gasteiger partial charge >= 0.3 is 0 Å². The van der Waals surface area contributed by atoms with Gasteiger partial charge in [0, 0.05) is 5.57 Å². The summed E-state index contributed by atoms with van der Waals surface area (Å²) in [6, 6.07) is 12.0. The Morgan fingerprint density at radius 1 is 1.12 bits per heavy atom. The molecule has 3 rings (SSSR count). The second-order valence-corrected chi connectivity index (χ2v) is 4.73. The van der Waals surface area contributed by atoms with E-state index < -0.39 is 0 Å². The minimum atomic E-state index is -0.00130. The molecule has 1 unspecified atom stereocenters. The first-order valence-electron chi connectivity index (χ1n) is 5.45. The Hall–Kier alpha value is -1.87. The molecule has 0 bridgehead atoms. The highest BCUT2D eigenvalue weighted by atomic mass is 32.1. The third-order valence-corrected chi connectivity index (χ3v) is 3.54. The van der Waals surface area contributed by atoms with Crippen LogP contribution in [0.1, 0.15) is 17.2 Å². The summed E-state index contributed by atoms with van der Waals surface area (Å²) in [5.74, 6) is 0.0113. The number of carbonyl (C=O) groups excluding carboxylic acids is 1. The Balaban J connectivity index is 1.95. The molecule has 0 saturated heterocycles. The maximum Gasteiger partial charge on any atom is 0.252 e. The van der Waals surface area contributed by atoms with E-state index in [-0.39, 0.29) is 11.9 Å². The van der Waals surface area contributed by atoms with Crippen LogP contribution in [0.25, 0.3) is 5.57 Å². The molecule has 2 aromatic rings. The van der Waals surface area contributed by atoms with Crippen LogP contribution in [0.4, 0.5) is 0 Å². The summed E-state index contributed by atoms with van der Waals surface area (Å²) in [5, 5.41) is 6.97. The quantitative estimate of drug-likeness (QED) is 0.860. The van der Waals surface area contributed by atoms with Gasteiger partial charge in [0.05, 0.1) is 6.04 Å². The second kappa shape index (κ2) is 4.18. The summed E-state index contributed by atoms with van der Waals surface area (Å²) < 4.78 is 0. The van der Waals surface area contributed by atoms with Crippen molar-refractivity contribution >= 4 is 22.8 Å². The van der Waals surface area contributed by atoms with Crippen LogP contribution in [-0.4, -0.2) is 5.91 Å². The molecule has 1 aromatic heterocycles. The van der Waals surface area contributed by atoms with E-state index in [4.69, 9.17) is 0 Å². The van der Waals surface area contributed by atoms with E-state index >= 15 is 0 Å². The van der Waals surface area contributed by atoms with Gasteiger partial charge in [0.2, 0.25) is 0 Å². The highest BCUT2D eigenvalue weighted by Gasteiger charge is 2.24. The lowest BCUT2D eigenvalue weighted by Crippen LogP contribution is -2.20. The molecule has 0 radical (unpaired) electrons. The van der Waals surface area contributed by atoms with Gasteiger partial charge in [-0.15, -0.1) is 0 Å². The fraction of sp³-hybridized carbons (Fsp3) is 0.0714. The van der Waals surface area contributed by atoms with E-state index in [2.05, 4.69) is 5.32 Å². The first-order chi connectivity index (χ1) is 8.34. The Morgan fingerprint density at radius 2 is 1.94 bits per heavy atom. The molecule has 0 spiro atoms. The van der Waals surface area contributed by atoms with Crippen LogP contribution >= 0.6 is 11.3 Å². The number of thiophene rings is 1. The first kappa shape index (κ1) is 10.3. The van der Waals surface area contributed by atoms with Crippen molar-refractivity contribution < 1.29 is 4.79 Å². The number of amides is 1. The fourth-order valence-corrected chi connectivity index (χ4v) is 2.64. The van der Waals surface area contributed by atoms with Crippen LogP contribution in [-0.2, 0) is 4.79 Å². The highest BCUT2D eigenvalue weighted by Crippen LogP contribution is 2.28. The number of carbonyl (C=O) groups is 1. The summed E-state index contributed by atoms with van der Waals surface area (Å²) in [6.07, 6.45) is 2.00. The molecule has 0 saturated carbocycles. The molecule has 1 N–H and O–H groups in total. The third-order valence-electron chi connectivity index (χ3n) is 2.86. The molecular weight excluding hydrogens is 230 g/mol. The zero-order valence-corrected chi connectivity index (χ0v) is 9.91. The Bertz CT molecular complexity index is 557. The Labute approximate surface area is 104 Å². The molecule has 1 aromatic carbocycles. The van der Waals surface area contributed by atoms with E-state index in [1.54, 1.807) is 11.3 Å². The number of hydrogen-bond acceptors (Lipinski definition) is 2. The van der Waals surface area contributed by atoms with E-state index in [0.29, 0.717) is 0 Å². The molecule has 0 aliphatic carbocycles. The SMILES string of the molecule is O=C1NC(c2ccccc2)C=C1c1ccsc1. The lowest BCUT2D eigenvalue weighted by molar-refractivity contribution is -0.115. The van der Waals surface area contributed by atoms with Crippen LogP contribution in [0.15, 0.2) is 53.2 Å². The molecule has 84 valence electrons. The smallest absolute Gasteiger partial charge is 0.252 e. The largest absolute Gasteiger partial charge is 0.342 e. The monoisotopic (exact) mass is 241 g/mol. The molecule has 1 amide bonds. The van der Waals surface area contributed by atoms with E-state index in [1.807, 2.05) is 53.2 Å². The summed E-state index contributed by atoms with van der Waals surface area (Å²) in [6.45, 7) is 0. The van der Waals surface area contributed by atoms with Crippen LogP contribution in [0.2, 0.25) is 0 Å². The van der Waals surface area contributed by atoms with Crippen molar-refractivity contribution in [2.24, 2.45) is 0 Å². The Kier molecular flexibility index (Phi) is 2.53. The van der Waals surface area contributed by atoms with Gasteiger partial charge < -0.3 is 5.32 Å². The molecule has 0 fully saturated rings. The lowest BCUT2D eigenvalue weighted by Gasteiger charge is -2.07. The number of rotatable bonds is 2. The number of hydrogen-bond donors (Lipinski definition) is 1. The van der Waals surface area contributed by atoms with Gasteiger partial charge in [-0.3, -0.25) is 4.79 Å². The summed E-state index contributed by atoms with van der Waals surface area (Å²) >= 11 is 1.60. The van der Waals surface area contributed by atoms with Gasteiger partial charge in [0.1, 0.15) is 0 Å². The number of nitrogens with one attached hydrogen (secondary N) is 1. The summed E-state index contributed by atoms with van der Waals surface area (Å²) in [7, 11) is 0. The van der Waals surface area contributed by atoms with Gasteiger partial charge in [-0.1, -0.05) is 30.3 Å². The molecule has 1 aliphatic rings. The number of benzene rings is 1. The second-order valence-electron chi connectivity index (χ2n) is 3.95. The van der Waals surface area contributed by atoms with Gasteiger partial charge in [-0.05, 0) is 34.0 Å². The van der Waals surface area contributed by atoms with Crippen LogP contribution in [0.3, 0.4) is 0 Å². The molecular formula is C14H11NOS. The minimum Gasteiger partial charge on any atom is -0.342 e. The van der Waals surface area contributed by atoms with Gasteiger partial charge in [0.15, 0.2) is 0 Å². The maximum atomic E-state index is 11.9. The highest BCUT2D eigenvalue weighted by molar-refractivity contribution is 7.08. The molecule has 2 heterocycles. The third kappa shape index (κ3) is 1.89. The standard InChI is InChI=1S/C14H11NOS/c16-14-12(11-6-7-17-9-11)8-13(15-14)10-4-2-1-3-5-10/h1-9,13H,(H,15,16). The van der Waals surface area contributed by atoms with Gasteiger partial charge in [-0.2, -0.15) is 11.3 Å². The average Bonchev–Trinajstić information content (AvgIpc) is 2.99. The van der Waals surface area contributed by atoms with Crippen molar-refractivity contribution in [3.63, 3.8) is 0 Å². The topological polar surface area (TPSA) is 29.1 Å². The van der Waals surface area contributed by atoms with Crippen molar-refractivity contribution in [2.75, 3.05) is 0 Å². The maximum absolute atomic E-state index is 11.9. The fourth-order valence-electron chi connectivity index (χ4n) is 1.99. The predicted molar refractivity (Wildman–Crippen MR) is 69.6 cm³/mol. The first-order valence-corrected chi connectivity index (χ1v) is 6.39. The van der Waals surface area contributed by atoms with E-state index in [1.165, 1.54) is 0 Å². The van der Waals surface area contributed by atoms with E-state index in [0.717, 1.165) is 16.7 Å². The molecule has 1 atom stereocenters. The van der Waals surface area contributed by atoms with Gasteiger partial charge in [0.25, 0.3) is 5.91 Å². The van der Waals surface area contributed by atoms with Crippen molar-refractivity contribution in [3.8, 4) is 0 Å². The van der Waals surface area contributed by atoms with Gasteiger partial charge in [-0.25, -0.2) is 0 Å². The van der Waals surface area contributed by atoms with Crippen molar-refractivity contribution in [1.82, 2.24) is 5.32 Å². The van der Waals surface area contributed by atoms with Crippen molar-refractivity contribution in [1.29, 1.82) is 0 Å². The summed E-state index contributed by atoms with van der Waals surface area (Å²) in [4.78, 5) is 11.9. The van der Waals surface area contributed by atoms with Crippen LogP contribution in [0.5, 0.6) is 0 Å². The zero-order valence-electron chi connectivity index (χ0n) is 9.09. The van der Waals surface area contributed by atoms with Crippen LogP contribution < -0.4 is 5.32 Å². The lowest BCUT2D eigenvalue weighted by atomic mass is 10.1. The predicted octanol–water partition coefficient (Wildman–Crippen LogP) is 3.00. The van der Waals surface area contributed by atoms with Crippen molar-refractivity contribution in [3.05, 3.63) is 64.4 Å². The van der Waals surface area contributed by atoms with E-state index in [9.17, 15) is 4.79 Å². The normalized spacial score (nSPS) is 18.9. The minimum absolute atomic E-state index is 0.00130. The summed E-state index contributed by atoms with van der Waals surface area (Å²) in [5.41, 5.74) is 2.90.